The fourth-order valence-electron chi connectivity index (χ4n) is 1.67. The van der Waals surface area contributed by atoms with Crippen LogP contribution in [0.1, 0.15) is 18.9 Å². The lowest BCUT2D eigenvalue weighted by molar-refractivity contribution is 0.427. The number of rotatable bonds is 2. The number of nitrogens with zero attached hydrogens (tertiary/aromatic N) is 4. The summed E-state index contributed by atoms with van der Waals surface area (Å²) in [6.07, 6.45) is 3.12. The fourth-order valence-corrected chi connectivity index (χ4v) is 1.67. The third kappa shape index (κ3) is 1.63. The Morgan fingerprint density at radius 3 is 3.06 bits per heavy atom. The summed E-state index contributed by atoms with van der Waals surface area (Å²) in [5, 5.41) is 4.06. The molecular weight excluding hydrogens is 218 g/mol. The van der Waals surface area contributed by atoms with Crippen LogP contribution in [0.4, 0.5) is 5.69 Å². The van der Waals surface area contributed by atoms with Gasteiger partial charge in [-0.2, -0.15) is 5.10 Å². The summed E-state index contributed by atoms with van der Waals surface area (Å²) in [6.45, 7) is 1.95. The van der Waals surface area contributed by atoms with Crippen molar-refractivity contribution in [1.29, 1.82) is 0 Å². The molecule has 0 saturated carbocycles. The molecule has 0 amide bonds. The maximum absolute atomic E-state index is 5.69. The van der Waals surface area contributed by atoms with Crippen LogP contribution in [0.3, 0.4) is 0 Å². The molecule has 17 heavy (non-hydrogen) atoms. The molecule has 0 aliphatic heterocycles. The Kier molecular flexibility index (Phi) is 2.07. The Morgan fingerprint density at radius 1 is 1.41 bits per heavy atom. The topological polar surface area (TPSA) is 82.8 Å². The Morgan fingerprint density at radius 2 is 2.29 bits per heavy atom. The molecule has 0 saturated heterocycles. The highest BCUT2D eigenvalue weighted by atomic mass is 16.3. The van der Waals surface area contributed by atoms with Gasteiger partial charge < -0.3 is 10.2 Å². The Bertz CT molecular complexity index is 643. The second kappa shape index (κ2) is 3.58. The molecule has 1 unspecified atom stereocenters. The molecule has 6 nitrogen and oxygen atoms in total. The van der Waals surface area contributed by atoms with E-state index < -0.39 is 0 Å². The number of oxazole rings is 1. The lowest BCUT2D eigenvalue weighted by atomic mass is 10.3. The summed E-state index contributed by atoms with van der Waals surface area (Å²) in [7, 11) is 0. The van der Waals surface area contributed by atoms with Gasteiger partial charge in [0.15, 0.2) is 5.58 Å². The normalized spacial score (nSPS) is 13.0. The Hall–Kier alpha value is -2.37. The predicted octanol–water partition coefficient (Wildman–Crippen LogP) is 1.61. The van der Waals surface area contributed by atoms with Gasteiger partial charge in [0.1, 0.15) is 24.2 Å². The molecular formula is C11H11N5O. The van der Waals surface area contributed by atoms with Crippen LogP contribution in [-0.4, -0.2) is 19.7 Å². The summed E-state index contributed by atoms with van der Waals surface area (Å²) < 4.78 is 7.34. The number of nitrogens with two attached hydrogens (primary N) is 1. The molecule has 2 aromatic heterocycles. The molecule has 1 aromatic carbocycles. The molecule has 0 aliphatic rings. The first-order valence-corrected chi connectivity index (χ1v) is 5.24. The number of nitrogen functional groups attached to an aromatic ring is 1. The van der Waals surface area contributed by atoms with Crippen LogP contribution < -0.4 is 5.73 Å². The van der Waals surface area contributed by atoms with Gasteiger partial charge in [-0.1, -0.05) is 0 Å². The lowest BCUT2D eigenvalue weighted by Gasteiger charge is -2.05. The number of aromatic nitrogens is 4. The minimum absolute atomic E-state index is 0.0916. The van der Waals surface area contributed by atoms with Crippen molar-refractivity contribution in [2.45, 2.75) is 13.0 Å². The average molecular weight is 229 g/mol. The van der Waals surface area contributed by atoms with Gasteiger partial charge in [0.25, 0.3) is 0 Å². The zero-order valence-corrected chi connectivity index (χ0v) is 9.24. The maximum Gasteiger partial charge on any atom is 0.220 e. The highest BCUT2D eigenvalue weighted by Crippen LogP contribution is 2.23. The summed E-state index contributed by atoms with van der Waals surface area (Å²) >= 11 is 0. The second-order valence-electron chi connectivity index (χ2n) is 3.83. The zero-order valence-electron chi connectivity index (χ0n) is 9.24. The molecule has 2 N–H and O–H groups in total. The van der Waals surface area contributed by atoms with Crippen LogP contribution in [-0.2, 0) is 0 Å². The van der Waals surface area contributed by atoms with Gasteiger partial charge in [0.2, 0.25) is 5.89 Å². The van der Waals surface area contributed by atoms with E-state index in [0.717, 1.165) is 5.52 Å². The van der Waals surface area contributed by atoms with Crippen LogP contribution in [0.2, 0.25) is 0 Å². The fraction of sp³-hybridized carbons (Fsp3) is 0.182. The smallest absolute Gasteiger partial charge is 0.220 e. The number of fused-ring (bicyclic) bond motifs is 1. The van der Waals surface area contributed by atoms with E-state index >= 15 is 0 Å². The van der Waals surface area contributed by atoms with Crippen molar-refractivity contribution in [3.8, 4) is 0 Å². The second-order valence-corrected chi connectivity index (χ2v) is 3.83. The van der Waals surface area contributed by atoms with Crippen LogP contribution in [0, 0.1) is 0 Å². The van der Waals surface area contributed by atoms with Crippen molar-refractivity contribution in [3.63, 3.8) is 0 Å². The molecule has 6 heteroatoms. The minimum Gasteiger partial charge on any atom is -0.438 e. The Balaban J connectivity index is 2.06. The molecule has 0 fully saturated rings. The third-order valence-corrected chi connectivity index (χ3v) is 2.62. The van der Waals surface area contributed by atoms with Crippen LogP contribution in [0.15, 0.2) is 35.3 Å². The van der Waals surface area contributed by atoms with Crippen molar-refractivity contribution in [1.82, 2.24) is 19.7 Å². The highest BCUT2D eigenvalue weighted by Gasteiger charge is 2.15. The van der Waals surface area contributed by atoms with Crippen LogP contribution in [0.25, 0.3) is 11.1 Å². The van der Waals surface area contributed by atoms with Crippen molar-refractivity contribution in [2.24, 2.45) is 0 Å². The van der Waals surface area contributed by atoms with Gasteiger partial charge >= 0.3 is 0 Å². The van der Waals surface area contributed by atoms with E-state index in [-0.39, 0.29) is 6.04 Å². The van der Waals surface area contributed by atoms with E-state index in [1.54, 1.807) is 23.1 Å². The lowest BCUT2D eigenvalue weighted by Crippen LogP contribution is -2.07. The van der Waals surface area contributed by atoms with E-state index in [1.807, 2.05) is 13.0 Å². The van der Waals surface area contributed by atoms with Gasteiger partial charge in [0, 0.05) is 11.8 Å². The van der Waals surface area contributed by atoms with E-state index in [2.05, 4.69) is 15.1 Å². The molecule has 0 aliphatic carbocycles. The first-order valence-electron chi connectivity index (χ1n) is 5.24. The van der Waals surface area contributed by atoms with Crippen molar-refractivity contribution >= 4 is 16.8 Å². The summed E-state index contributed by atoms with van der Waals surface area (Å²) in [6, 6.07) is 5.31. The molecule has 2 heterocycles. The van der Waals surface area contributed by atoms with Crippen LogP contribution >= 0.6 is 0 Å². The zero-order chi connectivity index (χ0) is 11.8. The first-order chi connectivity index (χ1) is 8.24. The average Bonchev–Trinajstić information content (AvgIpc) is 2.96. The van der Waals surface area contributed by atoms with Crippen molar-refractivity contribution in [2.75, 3.05) is 5.73 Å². The summed E-state index contributed by atoms with van der Waals surface area (Å²) in [4.78, 5) is 8.30. The van der Waals surface area contributed by atoms with E-state index in [0.29, 0.717) is 17.2 Å². The van der Waals surface area contributed by atoms with Gasteiger partial charge in [-0.25, -0.2) is 14.6 Å². The maximum atomic E-state index is 5.69. The number of anilines is 1. The van der Waals surface area contributed by atoms with E-state index in [1.165, 1.54) is 6.33 Å². The molecule has 0 bridgehead atoms. The number of hydrogen-bond donors (Lipinski definition) is 1. The van der Waals surface area contributed by atoms with E-state index in [4.69, 9.17) is 10.2 Å². The molecule has 0 spiro atoms. The highest BCUT2D eigenvalue weighted by molar-refractivity contribution is 5.76. The van der Waals surface area contributed by atoms with Gasteiger partial charge in [0.05, 0.1) is 0 Å². The monoisotopic (exact) mass is 229 g/mol. The number of hydrogen-bond acceptors (Lipinski definition) is 5. The van der Waals surface area contributed by atoms with Crippen molar-refractivity contribution < 1.29 is 4.42 Å². The molecule has 1 atom stereocenters. The molecule has 3 aromatic rings. The van der Waals surface area contributed by atoms with Gasteiger partial charge in [-0.3, -0.25) is 0 Å². The molecule has 3 rings (SSSR count). The SMILES string of the molecule is CC(c1nc2ccc(N)cc2o1)n1cncn1. The standard InChI is InChI=1S/C11H11N5O/c1-7(16-6-13-5-14-16)11-15-9-3-2-8(12)4-10(9)17-11/h2-7H,12H2,1H3. The number of benzene rings is 1. The van der Waals surface area contributed by atoms with Gasteiger partial charge in [-0.15, -0.1) is 0 Å². The molecule has 0 radical (unpaired) electrons. The Labute approximate surface area is 97.1 Å². The van der Waals surface area contributed by atoms with Gasteiger partial charge in [-0.05, 0) is 19.1 Å². The quantitative estimate of drug-likeness (QED) is 0.675. The minimum atomic E-state index is -0.0916. The van der Waals surface area contributed by atoms with E-state index in [9.17, 15) is 0 Å². The molecule has 86 valence electrons. The first kappa shape index (κ1) is 9.83. The third-order valence-electron chi connectivity index (χ3n) is 2.62. The summed E-state index contributed by atoms with van der Waals surface area (Å²) in [5.74, 6) is 0.594. The van der Waals surface area contributed by atoms with Crippen molar-refractivity contribution in [3.05, 3.63) is 36.7 Å². The largest absolute Gasteiger partial charge is 0.438 e. The predicted molar refractivity (Wildman–Crippen MR) is 62.3 cm³/mol. The summed E-state index contributed by atoms with van der Waals surface area (Å²) in [5.41, 5.74) is 7.83. The van der Waals surface area contributed by atoms with Crippen LogP contribution in [0.5, 0.6) is 0 Å².